The zero-order valence-electron chi connectivity index (χ0n) is 15.8. The Morgan fingerprint density at radius 2 is 1.83 bits per heavy atom. The molecule has 0 fully saturated rings. The van der Waals surface area contributed by atoms with Crippen LogP contribution < -0.4 is 15.8 Å². The number of aromatic nitrogens is 2. The first-order valence-corrected chi connectivity index (χ1v) is 9.32. The van der Waals surface area contributed by atoms with Crippen LogP contribution in [0, 0.1) is 5.82 Å². The number of para-hydroxylation sites is 1. The van der Waals surface area contributed by atoms with E-state index in [1.165, 1.54) is 18.2 Å². The van der Waals surface area contributed by atoms with E-state index in [9.17, 15) is 9.18 Å². The van der Waals surface area contributed by atoms with Crippen LogP contribution in [-0.2, 0) is 0 Å². The summed E-state index contributed by atoms with van der Waals surface area (Å²) in [5.74, 6) is 0.0555. The molecule has 4 rings (SSSR count). The molecule has 0 atom stereocenters. The van der Waals surface area contributed by atoms with Crippen LogP contribution in [0.1, 0.15) is 0 Å². The first-order chi connectivity index (χ1) is 13.9. The second-order valence-electron chi connectivity index (χ2n) is 6.79. The summed E-state index contributed by atoms with van der Waals surface area (Å²) in [6.07, 6.45) is 1.71. The molecule has 0 aliphatic rings. The number of hydrogen-bond donors (Lipinski definition) is 2. The van der Waals surface area contributed by atoms with Crippen molar-refractivity contribution < 1.29 is 4.39 Å². The lowest BCUT2D eigenvalue weighted by Crippen LogP contribution is -2.20. The third-order valence-corrected chi connectivity index (χ3v) is 4.84. The van der Waals surface area contributed by atoms with Crippen molar-refractivity contribution in [3.63, 3.8) is 0 Å². The maximum absolute atomic E-state index is 14.4. The minimum atomic E-state index is -0.516. The third-order valence-electron chi connectivity index (χ3n) is 4.60. The Labute approximate surface area is 171 Å². The van der Waals surface area contributed by atoms with Crippen molar-refractivity contribution in [1.82, 2.24) is 9.97 Å². The van der Waals surface area contributed by atoms with Crippen molar-refractivity contribution in [2.24, 2.45) is 0 Å². The van der Waals surface area contributed by atoms with Gasteiger partial charge in [0.1, 0.15) is 11.6 Å². The van der Waals surface area contributed by atoms with Crippen LogP contribution in [0.15, 0.2) is 65.6 Å². The molecule has 146 valence electrons. The van der Waals surface area contributed by atoms with Crippen LogP contribution in [-0.4, -0.2) is 24.1 Å². The van der Waals surface area contributed by atoms with Crippen molar-refractivity contribution in [2.45, 2.75) is 0 Å². The molecule has 2 aromatic carbocycles. The van der Waals surface area contributed by atoms with Crippen molar-refractivity contribution in [3.8, 4) is 11.1 Å². The van der Waals surface area contributed by atoms with Crippen molar-refractivity contribution in [2.75, 3.05) is 24.3 Å². The zero-order valence-corrected chi connectivity index (χ0v) is 16.6. The first-order valence-electron chi connectivity index (χ1n) is 8.95. The summed E-state index contributed by atoms with van der Waals surface area (Å²) < 4.78 is 14.4. The van der Waals surface area contributed by atoms with E-state index < -0.39 is 11.4 Å². The second kappa shape index (κ2) is 7.56. The van der Waals surface area contributed by atoms with Crippen molar-refractivity contribution in [3.05, 3.63) is 82.0 Å². The molecule has 4 aromatic rings. The number of fused-ring (bicyclic) bond motifs is 1. The molecule has 2 N–H and O–H groups in total. The minimum Gasteiger partial charge on any atom is -0.362 e. The Morgan fingerprint density at radius 1 is 1.03 bits per heavy atom. The molecule has 29 heavy (non-hydrogen) atoms. The van der Waals surface area contributed by atoms with Crippen LogP contribution in [0.5, 0.6) is 0 Å². The monoisotopic (exact) mass is 408 g/mol. The predicted molar refractivity (Wildman–Crippen MR) is 117 cm³/mol. The highest BCUT2D eigenvalue weighted by Crippen LogP contribution is 2.32. The van der Waals surface area contributed by atoms with Crippen LogP contribution >= 0.6 is 11.6 Å². The van der Waals surface area contributed by atoms with Gasteiger partial charge < -0.3 is 15.2 Å². The lowest BCUT2D eigenvalue weighted by molar-refractivity contribution is 0.631. The maximum atomic E-state index is 14.4. The van der Waals surface area contributed by atoms with E-state index in [1.54, 1.807) is 17.2 Å². The Balaban J connectivity index is 1.90. The SMILES string of the molecule is CN(C)c1[nH]c(=O)c(-c2cc(Cl)ccc2F)cc1Nc1ccnc2ccccc12. The highest BCUT2D eigenvalue weighted by molar-refractivity contribution is 6.30. The normalized spacial score (nSPS) is 10.9. The van der Waals surface area contributed by atoms with E-state index in [2.05, 4.69) is 15.3 Å². The molecular formula is C22H18ClFN4O. The molecule has 0 saturated heterocycles. The molecule has 0 amide bonds. The number of H-pyrrole nitrogens is 1. The summed E-state index contributed by atoms with van der Waals surface area (Å²) in [7, 11) is 3.64. The number of halogens is 2. The van der Waals surface area contributed by atoms with E-state index >= 15 is 0 Å². The number of nitrogens with zero attached hydrogens (tertiary/aromatic N) is 2. The van der Waals surface area contributed by atoms with Gasteiger partial charge in [0, 0.05) is 42.0 Å². The molecule has 0 radical (unpaired) electrons. The number of nitrogens with one attached hydrogen (secondary N) is 2. The number of hydrogen-bond acceptors (Lipinski definition) is 4. The van der Waals surface area contributed by atoms with Crippen molar-refractivity contribution in [1.29, 1.82) is 0 Å². The number of anilines is 3. The largest absolute Gasteiger partial charge is 0.362 e. The highest BCUT2D eigenvalue weighted by Gasteiger charge is 2.16. The zero-order chi connectivity index (χ0) is 20.5. The molecule has 2 heterocycles. The highest BCUT2D eigenvalue weighted by atomic mass is 35.5. The predicted octanol–water partition coefficient (Wildman–Crippen LogP) is 5.19. The Morgan fingerprint density at radius 3 is 2.62 bits per heavy atom. The van der Waals surface area contributed by atoms with E-state index in [-0.39, 0.29) is 11.1 Å². The fraction of sp³-hybridized carbons (Fsp3) is 0.0909. The van der Waals surface area contributed by atoms with E-state index in [0.717, 1.165) is 16.6 Å². The van der Waals surface area contributed by atoms with Gasteiger partial charge >= 0.3 is 0 Å². The average molecular weight is 409 g/mol. The molecule has 2 aromatic heterocycles. The fourth-order valence-electron chi connectivity index (χ4n) is 3.22. The van der Waals surface area contributed by atoms with Gasteiger partial charge in [-0.2, -0.15) is 0 Å². The van der Waals surface area contributed by atoms with Gasteiger partial charge in [0.2, 0.25) is 0 Å². The van der Waals surface area contributed by atoms with Gasteiger partial charge in [-0.15, -0.1) is 0 Å². The molecule has 0 saturated carbocycles. The van der Waals surface area contributed by atoms with Gasteiger partial charge in [0.05, 0.1) is 16.8 Å². The summed E-state index contributed by atoms with van der Waals surface area (Å²) in [5.41, 5.74) is 2.22. The van der Waals surface area contributed by atoms with E-state index in [4.69, 9.17) is 11.6 Å². The molecular weight excluding hydrogens is 391 g/mol. The molecule has 7 heteroatoms. The van der Waals surface area contributed by atoms with Gasteiger partial charge in [0.15, 0.2) is 0 Å². The van der Waals surface area contributed by atoms with Gasteiger partial charge in [-0.3, -0.25) is 9.78 Å². The number of rotatable bonds is 4. The minimum absolute atomic E-state index is 0.145. The molecule has 0 unspecified atom stereocenters. The van der Waals surface area contributed by atoms with Crippen LogP contribution in [0.2, 0.25) is 5.02 Å². The summed E-state index contributed by atoms with van der Waals surface area (Å²) >= 11 is 6.03. The molecule has 0 spiro atoms. The first kappa shape index (κ1) is 19.0. The Hall–Kier alpha value is -3.38. The fourth-order valence-corrected chi connectivity index (χ4v) is 3.39. The Kier molecular flexibility index (Phi) is 4.94. The molecule has 0 aliphatic carbocycles. The second-order valence-corrected chi connectivity index (χ2v) is 7.23. The van der Waals surface area contributed by atoms with E-state index in [1.807, 2.05) is 44.4 Å². The summed E-state index contributed by atoms with van der Waals surface area (Å²) in [6.45, 7) is 0. The van der Waals surface area contributed by atoms with Gasteiger partial charge in [-0.1, -0.05) is 29.8 Å². The van der Waals surface area contributed by atoms with Gasteiger partial charge in [-0.05, 0) is 36.4 Å². The molecule has 0 bridgehead atoms. The maximum Gasteiger partial charge on any atom is 0.257 e. The van der Waals surface area contributed by atoms with Crippen LogP contribution in [0.25, 0.3) is 22.0 Å². The van der Waals surface area contributed by atoms with Crippen LogP contribution in [0.3, 0.4) is 0 Å². The number of aromatic amines is 1. The van der Waals surface area contributed by atoms with E-state index in [0.29, 0.717) is 16.5 Å². The van der Waals surface area contributed by atoms with Crippen molar-refractivity contribution >= 4 is 39.7 Å². The third kappa shape index (κ3) is 3.67. The lowest BCUT2D eigenvalue weighted by Gasteiger charge is -2.20. The summed E-state index contributed by atoms with van der Waals surface area (Å²) in [5, 5.41) is 4.65. The summed E-state index contributed by atoms with van der Waals surface area (Å²) in [6, 6.07) is 15.4. The number of benzene rings is 2. The molecule has 0 aliphatic heterocycles. The van der Waals surface area contributed by atoms with Gasteiger partial charge in [0.25, 0.3) is 5.56 Å². The lowest BCUT2D eigenvalue weighted by atomic mass is 10.1. The number of pyridine rings is 2. The van der Waals surface area contributed by atoms with Crippen LogP contribution in [0.4, 0.5) is 21.6 Å². The average Bonchev–Trinajstić information content (AvgIpc) is 2.71. The Bertz CT molecular complexity index is 1260. The van der Waals surface area contributed by atoms with Gasteiger partial charge in [-0.25, -0.2) is 4.39 Å². The quantitative estimate of drug-likeness (QED) is 0.487. The molecule has 5 nitrogen and oxygen atoms in total. The topological polar surface area (TPSA) is 61.0 Å². The smallest absolute Gasteiger partial charge is 0.257 e. The summed E-state index contributed by atoms with van der Waals surface area (Å²) in [4.78, 5) is 21.7. The standard InChI is InChI=1S/C22H18ClFN4O/c1-28(2)21-20(26-19-9-10-25-18-6-4-3-5-14(18)19)12-16(22(29)27-21)15-11-13(23)7-8-17(15)24/h3-12H,1-2H3,(H,25,26)(H,27,29).